The van der Waals surface area contributed by atoms with Crippen LogP contribution in [0, 0.1) is 0 Å². The maximum atomic E-state index is 9.46. The van der Waals surface area contributed by atoms with E-state index in [4.69, 9.17) is 5.11 Å². The Balaban J connectivity index is 3.29. The Labute approximate surface area is 91.5 Å². The van der Waals surface area contributed by atoms with Gasteiger partial charge in [-0.25, -0.2) is 0 Å². The molecular weight excluding hydrogens is 196 g/mol. The fourth-order valence-electron chi connectivity index (χ4n) is 1.09. The molecule has 0 aliphatic heterocycles. The van der Waals surface area contributed by atoms with Crippen LogP contribution in [0.4, 0.5) is 0 Å². The van der Waals surface area contributed by atoms with E-state index in [0.717, 1.165) is 0 Å². The van der Waals surface area contributed by atoms with E-state index in [0.29, 0.717) is 32.6 Å². The van der Waals surface area contributed by atoms with Crippen LogP contribution in [-0.2, 0) is 0 Å². The van der Waals surface area contributed by atoms with E-state index in [1.165, 1.54) is 0 Å². The van der Waals surface area contributed by atoms with Crippen LogP contribution in [0.2, 0.25) is 0 Å². The Bertz CT molecular complexity index is 145. The summed E-state index contributed by atoms with van der Waals surface area (Å²) in [6.07, 6.45) is -0.522. The molecule has 0 radical (unpaired) electrons. The van der Waals surface area contributed by atoms with Gasteiger partial charge in [0.15, 0.2) is 0 Å². The third-order valence-electron chi connectivity index (χ3n) is 2.05. The molecule has 0 amide bonds. The van der Waals surface area contributed by atoms with Gasteiger partial charge in [-0.2, -0.15) is 0 Å². The van der Waals surface area contributed by atoms with Crippen LogP contribution in [0.25, 0.3) is 0 Å². The lowest BCUT2D eigenvalue weighted by Gasteiger charge is -2.15. The van der Waals surface area contributed by atoms with Gasteiger partial charge in [0.2, 0.25) is 0 Å². The third kappa shape index (κ3) is 10.1. The van der Waals surface area contributed by atoms with Gasteiger partial charge in [0, 0.05) is 26.2 Å². The highest BCUT2D eigenvalue weighted by Crippen LogP contribution is 1.87. The second-order valence-corrected chi connectivity index (χ2v) is 3.88. The van der Waals surface area contributed by atoms with Crippen LogP contribution in [-0.4, -0.2) is 59.8 Å². The van der Waals surface area contributed by atoms with Crippen molar-refractivity contribution >= 4 is 0 Å². The number of hydrogen-bond acceptors (Lipinski definition) is 5. The Morgan fingerprint density at radius 3 is 1.80 bits per heavy atom. The van der Waals surface area contributed by atoms with Gasteiger partial charge in [0.05, 0.1) is 18.3 Å². The lowest BCUT2D eigenvalue weighted by atomic mass is 10.2. The van der Waals surface area contributed by atoms with Gasteiger partial charge in [-0.3, -0.25) is 0 Å². The molecule has 0 aliphatic rings. The van der Waals surface area contributed by atoms with Crippen LogP contribution in [0.5, 0.6) is 0 Å². The van der Waals surface area contributed by atoms with Crippen LogP contribution < -0.4 is 10.6 Å². The molecule has 92 valence electrons. The molecule has 0 rings (SSSR count). The first-order valence-corrected chi connectivity index (χ1v) is 5.51. The van der Waals surface area contributed by atoms with Crippen molar-refractivity contribution in [1.82, 2.24) is 10.6 Å². The second-order valence-electron chi connectivity index (χ2n) is 3.88. The van der Waals surface area contributed by atoms with Gasteiger partial charge in [0.1, 0.15) is 0 Å². The van der Waals surface area contributed by atoms with E-state index in [2.05, 4.69) is 10.6 Å². The van der Waals surface area contributed by atoms with Crippen molar-refractivity contribution in [3.8, 4) is 0 Å². The molecule has 0 saturated heterocycles. The zero-order valence-electron chi connectivity index (χ0n) is 9.61. The van der Waals surface area contributed by atoms with Gasteiger partial charge in [-0.1, -0.05) is 6.92 Å². The van der Waals surface area contributed by atoms with Gasteiger partial charge in [0.25, 0.3) is 0 Å². The molecule has 5 N–H and O–H groups in total. The van der Waals surface area contributed by atoms with E-state index < -0.39 is 12.2 Å². The first-order valence-electron chi connectivity index (χ1n) is 5.51. The molecule has 0 saturated carbocycles. The minimum absolute atomic E-state index is 0.345. The fraction of sp³-hybridized carbons (Fsp3) is 1.00. The van der Waals surface area contributed by atoms with Crippen molar-refractivity contribution in [2.75, 3.05) is 26.2 Å². The molecule has 0 spiro atoms. The molecule has 0 fully saturated rings. The molecule has 3 atom stereocenters. The van der Waals surface area contributed by atoms with Gasteiger partial charge >= 0.3 is 0 Å². The highest BCUT2D eigenvalue weighted by molar-refractivity contribution is 4.65. The van der Waals surface area contributed by atoms with Gasteiger partial charge in [-0.15, -0.1) is 0 Å². The van der Waals surface area contributed by atoms with Crippen LogP contribution in [0.3, 0.4) is 0 Å². The van der Waals surface area contributed by atoms with E-state index in [1.54, 1.807) is 6.92 Å². The summed E-state index contributed by atoms with van der Waals surface area (Å²) in [5, 5.41) is 33.5. The molecule has 0 aliphatic carbocycles. The first kappa shape index (κ1) is 14.8. The highest BCUT2D eigenvalue weighted by Gasteiger charge is 2.05. The molecular formula is C10H24N2O3. The van der Waals surface area contributed by atoms with Gasteiger partial charge in [-0.05, 0) is 13.3 Å². The number of rotatable bonds is 9. The van der Waals surface area contributed by atoms with E-state index in [9.17, 15) is 10.2 Å². The van der Waals surface area contributed by atoms with Crippen molar-refractivity contribution in [2.45, 2.75) is 38.6 Å². The Morgan fingerprint density at radius 2 is 1.33 bits per heavy atom. The average molecular weight is 220 g/mol. The quantitative estimate of drug-likeness (QED) is 0.333. The molecule has 15 heavy (non-hydrogen) atoms. The number of aliphatic hydroxyl groups excluding tert-OH is 3. The van der Waals surface area contributed by atoms with E-state index >= 15 is 0 Å². The van der Waals surface area contributed by atoms with Crippen LogP contribution >= 0.6 is 0 Å². The topological polar surface area (TPSA) is 84.8 Å². The molecule has 5 nitrogen and oxygen atoms in total. The molecule has 0 bridgehead atoms. The second kappa shape index (κ2) is 9.06. The Hall–Kier alpha value is -0.200. The highest BCUT2D eigenvalue weighted by atomic mass is 16.3. The normalized spacial score (nSPS) is 17.4. The van der Waals surface area contributed by atoms with E-state index in [-0.39, 0.29) is 6.10 Å². The fourth-order valence-corrected chi connectivity index (χ4v) is 1.09. The summed E-state index contributed by atoms with van der Waals surface area (Å²) in [7, 11) is 0. The molecule has 0 aromatic heterocycles. The largest absolute Gasteiger partial charge is 0.392 e. The van der Waals surface area contributed by atoms with Crippen molar-refractivity contribution in [3.63, 3.8) is 0 Å². The summed E-state index contributed by atoms with van der Waals surface area (Å²) in [6, 6.07) is 0. The predicted octanol–water partition coefficient (Wildman–Crippen LogP) is -1.32. The summed E-state index contributed by atoms with van der Waals surface area (Å²) >= 11 is 0. The van der Waals surface area contributed by atoms with Crippen molar-refractivity contribution in [1.29, 1.82) is 0 Å². The lowest BCUT2D eigenvalue weighted by Crippen LogP contribution is -2.39. The summed E-state index contributed by atoms with van der Waals surface area (Å²) in [6.45, 7) is 5.48. The van der Waals surface area contributed by atoms with Gasteiger partial charge < -0.3 is 26.0 Å². The van der Waals surface area contributed by atoms with Crippen molar-refractivity contribution in [2.24, 2.45) is 0 Å². The maximum absolute atomic E-state index is 9.46. The van der Waals surface area contributed by atoms with E-state index in [1.807, 2.05) is 6.92 Å². The summed E-state index contributed by atoms with van der Waals surface area (Å²) in [5.41, 5.74) is 0. The molecule has 0 aromatic carbocycles. The predicted molar refractivity (Wildman–Crippen MR) is 59.7 cm³/mol. The SMILES string of the molecule is CCC(O)CNCC(O)CNCC(C)O. The molecule has 5 heteroatoms. The zero-order valence-corrected chi connectivity index (χ0v) is 9.61. The lowest BCUT2D eigenvalue weighted by molar-refractivity contribution is 0.136. The van der Waals surface area contributed by atoms with Crippen molar-refractivity contribution in [3.05, 3.63) is 0 Å². The Kier molecular flexibility index (Phi) is 8.94. The summed E-state index contributed by atoms with van der Waals surface area (Å²) < 4.78 is 0. The third-order valence-corrected chi connectivity index (χ3v) is 2.05. The molecule has 0 aromatic rings. The van der Waals surface area contributed by atoms with Crippen molar-refractivity contribution < 1.29 is 15.3 Å². The first-order chi connectivity index (χ1) is 7.06. The molecule has 3 unspecified atom stereocenters. The average Bonchev–Trinajstić information content (AvgIpc) is 2.17. The maximum Gasteiger partial charge on any atom is 0.0788 e. The minimum Gasteiger partial charge on any atom is -0.392 e. The number of hydrogen-bond donors (Lipinski definition) is 5. The van der Waals surface area contributed by atoms with Crippen LogP contribution in [0.1, 0.15) is 20.3 Å². The molecule has 0 heterocycles. The zero-order chi connectivity index (χ0) is 11.7. The summed E-state index contributed by atoms with van der Waals surface area (Å²) in [5.74, 6) is 0. The Morgan fingerprint density at radius 1 is 0.867 bits per heavy atom. The smallest absolute Gasteiger partial charge is 0.0788 e. The standard InChI is InChI=1S/C10H24N2O3/c1-3-9(14)5-12-7-10(15)6-11-4-8(2)13/h8-15H,3-7H2,1-2H3. The monoisotopic (exact) mass is 220 g/mol. The summed E-state index contributed by atoms with van der Waals surface area (Å²) in [4.78, 5) is 0. The number of aliphatic hydroxyl groups is 3. The minimum atomic E-state index is -0.493. The van der Waals surface area contributed by atoms with Crippen LogP contribution in [0.15, 0.2) is 0 Å². The number of nitrogens with one attached hydrogen (secondary N) is 2.